The van der Waals surface area contributed by atoms with E-state index >= 15 is 0 Å². The molecule has 1 N–H and O–H groups in total. The third kappa shape index (κ3) is 3.21. The van der Waals surface area contributed by atoms with Gasteiger partial charge in [0.05, 0.1) is 29.9 Å². The Labute approximate surface area is 117 Å². The number of hydrogen-bond donors (Lipinski definition) is 1. The molecule has 0 bridgehead atoms. The van der Waals surface area contributed by atoms with Crippen molar-refractivity contribution in [3.63, 3.8) is 0 Å². The van der Waals surface area contributed by atoms with Crippen molar-refractivity contribution in [1.29, 1.82) is 10.5 Å². The minimum atomic E-state index is -1.17. The summed E-state index contributed by atoms with van der Waals surface area (Å²) < 4.78 is 5.35. The molecule has 2 rings (SSSR count). The Kier molecular flexibility index (Phi) is 4.47. The lowest BCUT2D eigenvalue weighted by Gasteiger charge is -2.13. The van der Waals surface area contributed by atoms with Crippen molar-refractivity contribution in [2.45, 2.75) is 12.9 Å². The second-order valence-electron chi connectivity index (χ2n) is 4.17. The average Bonchev–Trinajstić information content (AvgIpc) is 2.52. The van der Waals surface area contributed by atoms with E-state index in [2.05, 4.69) is 0 Å². The number of benzene rings is 2. The van der Waals surface area contributed by atoms with Gasteiger partial charge in [-0.2, -0.15) is 10.5 Å². The van der Waals surface area contributed by atoms with Gasteiger partial charge in [-0.25, -0.2) is 0 Å². The van der Waals surface area contributed by atoms with Crippen LogP contribution in [0.5, 0.6) is 0 Å². The lowest BCUT2D eigenvalue weighted by atomic mass is 10.1. The number of nitriles is 2. The second kappa shape index (κ2) is 6.49. The number of nitrogens with zero attached hydrogens (tertiary/aromatic N) is 2. The maximum Gasteiger partial charge on any atom is 0.182 e. The average molecular weight is 264 g/mol. The summed E-state index contributed by atoms with van der Waals surface area (Å²) in [6.07, 6.45) is -1.17. The predicted molar refractivity (Wildman–Crippen MR) is 72.1 cm³/mol. The van der Waals surface area contributed by atoms with E-state index in [0.717, 1.165) is 5.56 Å². The van der Waals surface area contributed by atoms with Crippen LogP contribution in [0.4, 0.5) is 0 Å². The van der Waals surface area contributed by atoms with Crippen molar-refractivity contribution in [2.75, 3.05) is 0 Å². The maximum absolute atomic E-state index is 9.98. The van der Waals surface area contributed by atoms with Crippen LogP contribution in [-0.4, -0.2) is 5.11 Å². The molecule has 0 fully saturated rings. The largest absolute Gasteiger partial charge is 0.364 e. The first-order valence-corrected chi connectivity index (χ1v) is 6.02. The first-order valence-electron chi connectivity index (χ1n) is 6.02. The van der Waals surface area contributed by atoms with E-state index in [-0.39, 0.29) is 6.61 Å². The molecule has 4 heteroatoms. The summed E-state index contributed by atoms with van der Waals surface area (Å²) in [4.78, 5) is 0. The summed E-state index contributed by atoms with van der Waals surface area (Å²) in [6.45, 7) is 0.163. The molecule has 0 heterocycles. The van der Waals surface area contributed by atoms with E-state index in [9.17, 15) is 5.11 Å². The molecule has 0 amide bonds. The molecule has 2 aromatic rings. The van der Waals surface area contributed by atoms with Crippen molar-refractivity contribution in [2.24, 2.45) is 0 Å². The first-order chi connectivity index (χ1) is 9.74. The van der Waals surface area contributed by atoms with Crippen molar-refractivity contribution in [1.82, 2.24) is 0 Å². The fourth-order valence-electron chi connectivity index (χ4n) is 1.81. The molecular formula is C16H12N2O2. The Balaban J connectivity index is 2.07. The molecule has 0 aliphatic heterocycles. The Morgan fingerprint density at radius 2 is 1.85 bits per heavy atom. The number of aliphatic hydroxyl groups is 1. The van der Waals surface area contributed by atoms with Gasteiger partial charge in [-0.3, -0.25) is 0 Å². The van der Waals surface area contributed by atoms with E-state index in [4.69, 9.17) is 15.3 Å². The highest BCUT2D eigenvalue weighted by Crippen LogP contribution is 2.20. The van der Waals surface area contributed by atoms with E-state index in [1.165, 1.54) is 0 Å². The van der Waals surface area contributed by atoms with Crippen LogP contribution < -0.4 is 0 Å². The standard InChI is InChI=1S/C16H12N2O2/c17-9-12-4-3-5-13(8-12)11-20-16(19)15-7-2-1-6-14(15)10-18/h1-8,16,19H,11H2. The summed E-state index contributed by atoms with van der Waals surface area (Å²) in [7, 11) is 0. The summed E-state index contributed by atoms with van der Waals surface area (Å²) in [6, 6.07) is 17.7. The van der Waals surface area contributed by atoms with E-state index in [0.29, 0.717) is 16.7 Å². The van der Waals surface area contributed by atoms with Crippen LogP contribution in [-0.2, 0) is 11.3 Å². The molecule has 0 aromatic heterocycles. The number of hydrogen-bond acceptors (Lipinski definition) is 4. The summed E-state index contributed by atoms with van der Waals surface area (Å²) >= 11 is 0. The number of rotatable bonds is 4. The van der Waals surface area contributed by atoms with Gasteiger partial charge in [0.1, 0.15) is 0 Å². The molecular weight excluding hydrogens is 252 g/mol. The van der Waals surface area contributed by atoms with Crippen LogP contribution in [0.15, 0.2) is 48.5 Å². The molecule has 98 valence electrons. The molecule has 1 unspecified atom stereocenters. The molecule has 2 aromatic carbocycles. The normalized spacial score (nSPS) is 11.3. The Bertz CT molecular complexity index is 683. The third-order valence-electron chi connectivity index (χ3n) is 2.81. The SMILES string of the molecule is N#Cc1cccc(COC(O)c2ccccc2C#N)c1. The third-order valence-corrected chi connectivity index (χ3v) is 2.81. The fraction of sp³-hybridized carbons (Fsp3) is 0.125. The topological polar surface area (TPSA) is 77.0 Å². The van der Waals surface area contributed by atoms with Crippen LogP contribution in [0.2, 0.25) is 0 Å². The minimum Gasteiger partial charge on any atom is -0.364 e. The Hall–Kier alpha value is -2.66. The van der Waals surface area contributed by atoms with Gasteiger partial charge >= 0.3 is 0 Å². The zero-order valence-corrected chi connectivity index (χ0v) is 10.7. The molecule has 0 saturated heterocycles. The molecule has 0 aliphatic rings. The molecule has 0 radical (unpaired) electrons. The van der Waals surface area contributed by atoms with E-state index in [1.807, 2.05) is 18.2 Å². The lowest BCUT2D eigenvalue weighted by molar-refractivity contribution is -0.112. The van der Waals surface area contributed by atoms with Crippen LogP contribution in [0.25, 0.3) is 0 Å². The minimum absolute atomic E-state index is 0.163. The van der Waals surface area contributed by atoms with E-state index < -0.39 is 6.29 Å². The smallest absolute Gasteiger partial charge is 0.182 e. The summed E-state index contributed by atoms with van der Waals surface area (Å²) in [5, 5.41) is 27.8. The maximum atomic E-state index is 9.98. The van der Waals surface area contributed by atoms with Gasteiger partial charge in [0.25, 0.3) is 0 Å². The highest BCUT2D eigenvalue weighted by Gasteiger charge is 2.12. The predicted octanol–water partition coefficient (Wildman–Crippen LogP) is 2.64. The molecule has 0 saturated carbocycles. The zero-order chi connectivity index (χ0) is 14.4. The number of aliphatic hydroxyl groups excluding tert-OH is 1. The fourth-order valence-corrected chi connectivity index (χ4v) is 1.81. The lowest BCUT2D eigenvalue weighted by Crippen LogP contribution is -2.05. The Morgan fingerprint density at radius 1 is 1.05 bits per heavy atom. The van der Waals surface area contributed by atoms with Crippen LogP contribution in [0.3, 0.4) is 0 Å². The summed E-state index contributed by atoms with van der Waals surface area (Å²) in [5.41, 5.74) is 2.15. The molecule has 1 atom stereocenters. The second-order valence-corrected chi connectivity index (χ2v) is 4.17. The van der Waals surface area contributed by atoms with Crippen LogP contribution in [0.1, 0.15) is 28.5 Å². The number of ether oxygens (including phenoxy) is 1. The van der Waals surface area contributed by atoms with Gasteiger partial charge in [-0.15, -0.1) is 0 Å². The van der Waals surface area contributed by atoms with Gasteiger partial charge in [0.15, 0.2) is 6.29 Å². The highest BCUT2D eigenvalue weighted by atomic mass is 16.6. The molecule has 4 nitrogen and oxygen atoms in total. The van der Waals surface area contributed by atoms with Crippen LogP contribution in [0, 0.1) is 22.7 Å². The highest BCUT2D eigenvalue weighted by molar-refractivity contribution is 5.38. The van der Waals surface area contributed by atoms with Crippen molar-refractivity contribution >= 4 is 0 Å². The zero-order valence-electron chi connectivity index (χ0n) is 10.7. The van der Waals surface area contributed by atoms with Gasteiger partial charge in [0, 0.05) is 5.56 Å². The molecule has 0 aliphatic carbocycles. The van der Waals surface area contributed by atoms with Crippen molar-refractivity contribution in [3.05, 3.63) is 70.8 Å². The van der Waals surface area contributed by atoms with Crippen LogP contribution >= 0.6 is 0 Å². The quantitative estimate of drug-likeness (QED) is 0.861. The molecule has 0 spiro atoms. The van der Waals surface area contributed by atoms with Gasteiger partial charge in [-0.1, -0.05) is 30.3 Å². The van der Waals surface area contributed by atoms with Gasteiger partial charge in [0.2, 0.25) is 0 Å². The first kappa shape index (κ1) is 13.8. The van der Waals surface area contributed by atoms with E-state index in [1.54, 1.807) is 42.5 Å². The molecule has 20 heavy (non-hydrogen) atoms. The van der Waals surface area contributed by atoms with Gasteiger partial charge < -0.3 is 9.84 Å². The monoisotopic (exact) mass is 264 g/mol. The summed E-state index contributed by atoms with van der Waals surface area (Å²) in [5.74, 6) is 0. The van der Waals surface area contributed by atoms with Crippen molar-refractivity contribution in [3.8, 4) is 12.1 Å². The Morgan fingerprint density at radius 3 is 2.60 bits per heavy atom. The van der Waals surface area contributed by atoms with Crippen molar-refractivity contribution < 1.29 is 9.84 Å². The van der Waals surface area contributed by atoms with Gasteiger partial charge in [-0.05, 0) is 23.8 Å².